The van der Waals surface area contributed by atoms with Crippen LogP contribution in [0.15, 0.2) is 4.99 Å². The Balaban J connectivity index is 0.00000324. The molecular weight excluding hydrogens is 353 g/mol. The van der Waals surface area contributed by atoms with Crippen molar-refractivity contribution in [3.05, 3.63) is 0 Å². The van der Waals surface area contributed by atoms with E-state index in [1.807, 2.05) is 0 Å². The predicted molar refractivity (Wildman–Crippen MR) is 92.4 cm³/mol. The molecule has 0 aliphatic heterocycles. The summed E-state index contributed by atoms with van der Waals surface area (Å²) in [7, 11) is 0. The highest BCUT2D eigenvalue weighted by Gasteiger charge is 2.33. The van der Waals surface area contributed by atoms with Crippen LogP contribution in [0.3, 0.4) is 0 Å². The lowest BCUT2D eigenvalue weighted by molar-refractivity contribution is 0.130. The van der Waals surface area contributed by atoms with Crippen LogP contribution in [0.2, 0.25) is 0 Å². The second kappa shape index (κ2) is 11.8. The summed E-state index contributed by atoms with van der Waals surface area (Å²) >= 11 is 0. The van der Waals surface area contributed by atoms with E-state index in [4.69, 9.17) is 4.74 Å². The fourth-order valence-electron chi connectivity index (χ4n) is 1.72. The zero-order valence-corrected chi connectivity index (χ0v) is 14.9. The first-order valence-corrected chi connectivity index (χ1v) is 7.40. The molecule has 1 aliphatic rings. The summed E-state index contributed by atoms with van der Waals surface area (Å²) in [6.45, 7) is 10.0. The van der Waals surface area contributed by atoms with Crippen LogP contribution >= 0.6 is 24.0 Å². The van der Waals surface area contributed by atoms with Crippen LogP contribution < -0.4 is 10.6 Å². The fraction of sp³-hybridized carbons (Fsp3) is 0.929. The molecule has 2 N–H and O–H groups in total. The molecule has 4 nitrogen and oxygen atoms in total. The lowest BCUT2D eigenvalue weighted by Gasteiger charge is -2.10. The highest BCUT2D eigenvalue weighted by atomic mass is 127. The highest BCUT2D eigenvalue weighted by molar-refractivity contribution is 14.0. The smallest absolute Gasteiger partial charge is 0.191 e. The Hall–Kier alpha value is -0.0400. The lowest BCUT2D eigenvalue weighted by Crippen LogP contribution is -2.39. The van der Waals surface area contributed by atoms with Crippen LogP contribution in [0, 0.1) is 5.92 Å². The molecule has 2 unspecified atom stereocenters. The summed E-state index contributed by atoms with van der Waals surface area (Å²) in [4.78, 5) is 4.56. The van der Waals surface area contributed by atoms with Crippen molar-refractivity contribution < 1.29 is 4.74 Å². The number of ether oxygens (including phenoxy) is 1. The third-order valence-corrected chi connectivity index (χ3v) is 3.13. The molecule has 0 saturated heterocycles. The van der Waals surface area contributed by atoms with Gasteiger partial charge >= 0.3 is 0 Å². The summed E-state index contributed by atoms with van der Waals surface area (Å²) in [6.07, 6.45) is 4.63. The van der Waals surface area contributed by atoms with Crippen LogP contribution in [0.1, 0.15) is 46.5 Å². The summed E-state index contributed by atoms with van der Waals surface area (Å²) in [5.41, 5.74) is 0. The van der Waals surface area contributed by atoms with E-state index in [2.05, 4.69) is 36.4 Å². The van der Waals surface area contributed by atoms with E-state index in [0.717, 1.165) is 51.0 Å². The minimum Gasteiger partial charge on any atom is -0.381 e. The summed E-state index contributed by atoms with van der Waals surface area (Å²) < 4.78 is 5.52. The molecule has 0 spiro atoms. The zero-order chi connectivity index (χ0) is 13.2. The first-order valence-electron chi connectivity index (χ1n) is 7.40. The first kappa shape index (κ1) is 19.0. The molecule has 1 saturated carbocycles. The van der Waals surface area contributed by atoms with Gasteiger partial charge in [-0.3, -0.25) is 4.99 Å². The van der Waals surface area contributed by atoms with E-state index >= 15 is 0 Å². The number of halogens is 1. The largest absolute Gasteiger partial charge is 0.381 e. The van der Waals surface area contributed by atoms with Gasteiger partial charge < -0.3 is 15.4 Å². The maximum atomic E-state index is 5.52. The second-order valence-electron chi connectivity index (χ2n) is 5.04. The monoisotopic (exact) mass is 383 g/mol. The summed E-state index contributed by atoms with van der Waals surface area (Å²) in [5.74, 6) is 1.76. The third-order valence-electron chi connectivity index (χ3n) is 3.13. The number of nitrogens with zero attached hydrogens (tertiary/aromatic N) is 1. The fourth-order valence-corrected chi connectivity index (χ4v) is 1.72. The number of rotatable bonds is 9. The van der Waals surface area contributed by atoms with E-state index in [1.165, 1.54) is 12.8 Å². The maximum absolute atomic E-state index is 5.52. The van der Waals surface area contributed by atoms with Gasteiger partial charge in [-0.15, -0.1) is 24.0 Å². The van der Waals surface area contributed by atoms with Gasteiger partial charge in [0.2, 0.25) is 0 Å². The minimum atomic E-state index is 0. The molecule has 0 heterocycles. The Bertz CT molecular complexity index is 249. The number of nitrogens with one attached hydrogen (secondary N) is 2. The number of hydrogen-bond acceptors (Lipinski definition) is 2. The Labute approximate surface area is 135 Å². The minimum absolute atomic E-state index is 0. The third kappa shape index (κ3) is 9.49. The SMILES string of the molecule is CCCCOCCCN=C(NCC)NC1CC1C.I. The van der Waals surface area contributed by atoms with Gasteiger partial charge in [-0.25, -0.2) is 0 Å². The number of unbranched alkanes of at least 4 members (excludes halogenated alkanes) is 1. The Morgan fingerprint density at radius 2 is 1.95 bits per heavy atom. The van der Waals surface area contributed by atoms with Crippen molar-refractivity contribution in [2.75, 3.05) is 26.3 Å². The van der Waals surface area contributed by atoms with Crippen molar-refractivity contribution in [2.45, 2.75) is 52.5 Å². The zero-order valence-electron chi connectivity index (χ0n) is 12.6. The highest BCUT2D eigenvalue weighted by Crippen LogP contribution is 2.28. The quantitative estimate of drug-likeness (QED) is 0.279. The van der Waals surface area contributed by atoms with Crippen molar-refractivity contribution >= 4 is 29.9 Å². The molecule has 1 fully saturated rings. The van der Waals surface area contributed by atoms with Gasteiger partial charge in [0.25, 0.3) is 0 Å². The van der Waals surface area contributed by atoms with Crippen LogP contribution in [0.4, 0.5) is 0 Å². The van der Waals surface area contributed by atoms with Gasteiger partial charge in [0.05, 0.1) is 0 Å². The number of aliphatic imine (C=N–C) groups is 1. The van der Waals surface area contributed by atoms with E-state index in [9.17, 15) is 0 Å². The molecule has 1 aliphatic carbocycles. The second-order valence-corrected chi connectivity index (χ2v) is 5.04. The molecule has 0 aromatic heterocycles. The molecule has 5 heteroatoms. The number of hydrogen-bond donors (Lipinski definition) is 2. The van der Waals surface area contributed by atoms with Gasteiger partial charge in [-0.1, -0.05) is 20.3 Å². The van der Waals surface area contributed by atoms with Gasteiger partial charge in [0.15, 0.2) is 5.96 Å². The van der Waals surface area contributed by atoms with Crippen LogP contribution in [0.25, 0.3) is 0 Å². The van der Waals surface area contributed by atoms with Crippen molar-refractivity contribution in [1.82, 2.24) is 10.6 Å². The van der Waals surface area contributed by atoms with Gasteiger partial charge in [-0.05, 0) is 32.1 Å². The van der Waals surface area contributed by atoms with E-state index in [0.29, 0.717) is 6.04 Å². The van der Waals surface area contributed by atoms with Crippen molar-refractivity contribution in [3.8, 4) is 0 Å². The molecule has 114 valence electrons. The first-order chi connectivity index (χ1) is 8.77. The summed E-state index contributed by atoms with van der Waals surface area (Å²) in [5, 5.41) is 6.73. The van der Waals surface area contributed by atoms with Crippen molar-refractivity contribution in [1.29, 1.82) is 0 Å². The van der Waals surface area contributed by atoms with Crippen LogP contribution in [-0.2, 0) is 4.74 Å². The molecule has 2 atom stereocenters. The normalized spacial score (nSPS) is 21.7. The Morgan fingerprint density at radius 1 is 1.26 bits per heavy atom. The molecule has 0 aromatic rings. The van der Waals surface area contributed by atoms with Crippen LogP contribution in [0.5, 0.6) is 0 Å². The topological polar surface area (TPSA) is 45.6 Å². The van der Waals surface area contributed by atoms with Gasteiger partial charge in [0, 0.05) is 32.3 Å². The standard InChI is InChI=1S/C14H29N3O.HI/c1-4-6-9-18-10-7-8-16-14(15-5-2)17-13-11-12(13)3;/h12-13H,4-11H2,1-3H3,(H2,15,16,17);1H. The molecular formula is C14H30IN3O. The van der Waals surface area contributed by atoms with Gasteiger partial charge in [0.1, 0.15) is 0 Å². The van der Waals surface area contributed by atoms with E-state index < -0.39 is 0 Å². The molecule has 0 amide bonds. The molecule has 0 radical (unpaired) electrons. The Morgan fingerprint density at radius 3 is 2.53 bits per heavy atom. The predicted octanol–water partition coefficient (Wildman–Crippen LogP) is 2.77. The van der Waals surface area contributed by atoms with Crippen molar-refractivity contribution in [3.63, 3.8) is 0 Å². The van der Waals surface area contributed by atoms with Crippen LogP contribution in [-0.4, -0.2) is 38.3 Å². The lowest BCUT2D eigenvalue weighted by atomic mass is 10.4. The summed E-state index contributed by atoms with van der Waals surface area (Å²) in [6, 6.07) is 0.628. The molecule has 19 heavy (non-hydrogen) atoms. The molecule has 0 bridgehead atoms. The molecule has 1 rings (SSSR count). The average molecular weight is 383 g/mol. The van der Waals surface area contributed by atoms with E-state index in [1.54, 1.807) is 0 Å². The number of guanidine groups is 1. The molecule has 0 aromatic carbocycles. The van der Waals surface area contributed by atoms with Gasteiger partial charge in [-0.2, -0.15) is 0 Å². The van der Waals surface area contributed by atoms with Crippen molar-refractivity contribution in [2.24, 2.45) is 10.9 Å². The van der Waals surface area contributed by atoms with E-state index in [-0.39, 0.29) is 24.0 Å². The maximum Gasteiger partial charge on any atom is 0.191 e. The Kier molecular flexibility index (Phi) is 11.7. The average Bonchev–Trinajstić information content (AvgIpc) is 3.04.